The van der Waals surface area contributed by atoms with E-state index in [0.717, 1.165) is 16.9 Å². The minimum absolute atomic E-state index is 0.604. The number of ether oxygens (including phenoxy) is 1. The van der Waals surface area contributed by atoms with Crippen LogP contribution in [0.1, 0.15) is 16.7 Å². The van der Waals surface area contributed by atoms with Gasteiger partial charge in [0.2, 0.25) is 0 Å². The highest BCUT2D eigenvalue weighted by Gasteiger charge is 2.02. The molecule has 0 atom stereocenters. The second-order valence-electron chi connectivity index (χ2n) is 4.01. The van der Waals surface area contributed by atoms with Gasteiger partial charge in [0.15, 0.2) is 0 Å². The third-order valence-corrected chi connectivity index (χ3v) is 2.53. The first-order valence-electron chi connectivity index (χ1n) is 5.44. The number of aryl methyl sites for hydroxylation is 2. The van der Waals surface area contributed by atoms with Gasteiger partial charge >= 0.3 is 0 Å². The predicted octanol–water partition coefficient (Wildman–Crippen LogP) is 3.97. The van der Waals surface area contributed by atoms with Gasteiger partial charge in [-0.2, -0.15) is 5.26 Å². The summed E-state index contributed by atoms with van der Waals surface area (Å²) in [4.78, 5) is 0. The lowest BCUT2D eigenvalue weighted by atomic mass is 10.1. The van der Waals surface area contributed by atoms with E-state index in [4.69, 9.17) is 10.00 Å². The van der Waals surface area contributed by atoms with E-state index in [0.29, 0.717) is 11.3 Å². The lowest BCUT2D eigenvalue weighted by Crippen LogP contribution is -1.89. The minimum atomic E-state index is 0.604. The molecule has 0 radical (unpaired) electrons. The standard InChI is InChI=1S/C15H13NO/c1-11-6-7-12(2)15(8-11)17-14-5-3-4-13(9-14)10-16/h3-9H,1-2H3. The number of benzene rings is 2. The summed E-state index contributed by atoms with van der Waals surface area (Å²) in [5.41, 5.74) is 2.84. The summed E-state index contributed by atoms with van der Waals surface area (Å²) in [5, 5.41) is 8.82. The van der Waals surface area contributed by atoms with Crippen LogP contribution in [0.5, 0.6) is 11.5 Å². The molecule has 0 aliphatic carbocycles. The Bertz CT molecular complexity index is 582. The van der Waals surface area contributed by atoms with Crippen molar-refractivity contribution in [1.82, 2.24) is 0 Å². The molecule has 0 saturated heterocycles. The summed E-state index contributed by atoms with van der Waals surface area (Å²) in [6.45, 7) is 4.03. The molecule has 2 rings (SSSR count). The molecule has 2 aromatic carbocycles. The number of nitrogens with zero attached hydrogens (tertiary/aromatic N) is 1. The highest BCUT2D eigenvalue weighted by atomic mass is 16.5. The molecular formula is C15H13NO. The molecule has 0 aliphatic heterocycles. The van der Waals surface area contributed by atoms with Gasteiger partial charge in [-0.05, 0) is 49.2 Å². The van der Waals surface area contributed by atoms with E-state index >= 15 is 0 Å². The Kier molecular flexibility index (Phi) is 3.11. The second-order valence-corrected chi connectivity index (χ2v) is 4.01. The summed E-state index contributed by atoms with van der Waals surface area (Å²) in [5.74, 6) is 1.53. The lowest BCUT2D eigenvalue weighted by Gasteiger charge is -2.09. The largest absolute Gasteiger partial charge is 0.457 e. The molecule has 0 aliphatic rings. The Morgan fingerprint density at radius 3 is 2.65 bits per heavy atom. The van der Waals surface area contributed by atoms with Crippen LogP contribution in [0.3, 0.4) is 0 Å². The second kappa shape index (κ2) is 4.71. The van der Waals surface area contributed by atoms with E-state index in [1.54, 1.807) is 12.1 Å². The number of hydrogen-bond acceptors (Lipinski definition) is 2. The van der Waals surface area contributed by atoms with Crippen molar-refractivity contribution >= 4 is 0 Å². The quantitative estimate of drug-likeness (QED) is 0.771. The summed E-state index contributed by atoms with van der Waals surface area (Å²) < 4.78 is 5.78. The van der Waals surface area contributed by atoms with E-state index in [1.165, 1.54) is 0 Å². The van der Waals surface area contributed by atoms with Crippen LogP contribution in [-0.2, 0) is 0 Å². The Hall–Kier alpha value is -2.27. The molecule has 2 aromatic rings. The van der Waals surface area contributed by atoms with Gasteiger partial charge in [0.1, 0.15) is 11.5 Å². The van der Waals surface area contributed by atoms with Crippen LogP contribution in [0.15, 0.2) is 42.5 Å². The monoisotopic (exact) mass is 223 g/mol. The molecule has 0 spiro atoms. The van der Waals surface area contributed by atoms with Crippen molar-refractivity contribution in [1.29, 1.82) is 5.26 Å². The van der Waals surface area contributed by atoms with Gasteiger partial charge in [-0.3, -0.25) is 0 Å². The Labute approximate surface area is 101 Å². The van der Waals surface area contributed by atoms with Crippen LogP contribution < -0.4 is 4.74 Å². The molecule has 2 nitrogen and oxygen atoms in total. The average Bonchev–Trinajstić information content (AvgIpc) is 2.34. The van der Waals surface area contributed by atoms with E-state index in [1.807, 2.05) is 44.2 Å². The smallest absolute Gasteiger partial charge is 0.130 e. The normalized spacial score (nSPS) is 9.71. The fraction of sp³-hybridized carbons (Fsp3) is 0.133. The van der Waals surface area contributed by atoms with E-state index < -0.39 is 0 Å². The van der Waals surface area contributed by atoms with Crippen LogP contribution in [0.2, 0.25) is 0 Å². The molecule has 84 valence electrons. The van der Waals surface area contributed by atoms with E-state index in [9.17, 15) is 0 Å². The average molecular weight is 223 g/mol. The van der Waals surface area contributed by atoms with Crippen molar-refractivity contribution in [2.45, 2.75) is 13.8 Å². The number of hydrogen-bond donors (Lipinski definition) is 0. The summed E-state index contributed by atoms with van der Waals surface area (Å²) in [7, 11) is 0. The Morgan fingerprint density at radius 2 is 1.88 bits per heavy atom. The van der Waals surface area contributed by atoms with Gasteiger partial charge in [0, 0.05) is 0 Å². The lowest BCUT2D eigenvalue weighted by molar-refractivity contribution is 0.478. The van der Waals surface area contributed by atoms with Crippen molar-refractivity contribution < 1.29 is 4.74 Å². The van der Waals surface area contributed by atoms with E-state index in [2.05, 4.69) is 6.07 Å². The third kappa shape index (κ3) is 2.64. The van der Waals surface area contributed by atoms with Crippen molar-refractivity contribution in [2.24, 2.45) is 0 Å². The van der Waals surface area contributed by atoms with Gasteiger partial charge in [-0.25, -0.2) is 0 Å². The maximum absolute atomic E-state index is 8.82. The first-order chi connectivity index (χ1) is 8.19. The molecule has 0 fully saturated rings. The SMILES string of the molecule is Cc1ccc(C)c(Oc2cccc(C#N)c2)c1. The summed E-state index contributed by atoms with van der Waals surface area (Å²) in [6, 6.07) is 15.3. The molecule has 17 heavy (non-hydrogen) atoms. The molecule has 0 heterocycles. The maximum Gasteiger partial charge on any atom is 0.130 e. The van der Waals surface area contributed by atoms with Crippen molar-refractivity contribution in [3.05, 3.63) is 59.2 Å². The van der Waals surface area contributed by atoms with Crippen LogP contribution in [-0.4, -0.2) is 0 Å². The molecule has 2 heteroatoms. The highest BCUT2D eigenvalue weighted by molar-refractivity contribution is 5.42. The molecular weight excluding hydrogens is 210 g/mol. The topological polar surface area (TPSA) is 33.0 Å². The Balaban J connectivity index is 2.31. The first-order valence-corrected chi connectivity index (χ1v) is 5.44. The number of rotatable bonds is 2. The van der Waals surface area contributed by atoms with Gasteiger partial charge in [-0.15, -0.1) is 0 Å². The fourth-order valence-electron chi connectivity index (χ4n) is 1.57. The maximum atomic E-state index is 8.82. The van der Waals surface area contributed by atoms with Crippen LogP contribution in [0, 0.1) is 25.2 Å². The van der Waals surface area contributed by atoms with Crippen molar-refractivity contribution in [2.75, 3.05) is 0 Å². The predicted molar refractivity (Wildman–Crippen MR) is 67.1 cm³/mol. The molecule has 0 bridgehead atoms. The van der Waals surface area contributed by atoms with Crippen LogP contribution >= 0.6 is 0 Å². The fourth-order valence-corrected chi connectivity index (χ4v) is 1.57. The van der Waals surface area contributed by atoms with Gasteiger partial charge in [-0.1, -0.05) is 18.2 Å². The molecule has 0 saturated carbocycles. The molecule has 0 unspecified atom stereocenters. The molecule has 0 amide bonds. The summed E-state index contributed by atoms with van der Waals surface area (Å²) >= 11 is 0. The molecule has 0 N–H and O–H groups in total. The minimum Gasteiger partial charge on any atom is -0.457 e. The van der Waals surface area contributed by atoms with Gasteiger partial charge in [0.05, 0.1) is 11.6 Å². The van der Waals surface area contributed by atoms with E-state index in [-0.39, 0.29) is 0 Å². The third-order valence-electron chi connectivity index (χ3n) is 2.53. The van der Waals surface area contributed by atoms with Crippen molar-refractivity contribution in [3.63, 3.8) is 0 Å². The zero-order valence-corrected chi connectivity index (χ0v) is 9.90. The highest BCUT2D eigenvalue weighted by Crippen LogP contribution is 2.26. The van der Waals surface area contributed by atoms with Crippen molar-refractivity contribution in [3.8, 4) is 17.6 Å². The zero-order valence-electron chi connectivity index (χ0n) is 9.90. The van der Waals surface area contributed by atoms with Crippen LogP contribution in [0.4, 0.5) is 0 Å². The number of nitriles is 1. The Morgan fingerprint density at radius 1 is 1.06 bits per heavy atom. The van der Waals surface area contributed by atoms with Gasteiger partial charge < -0.3 is 4.74 Å². The zero-order chi connectivity index (χ0) is 12.3. The first kappa shape index (κ1) is 11.2. The van der Waals surface area contributed by atoms with Gasteiger partial charge in [0.25, 0.3) is 0 Å². The molecule has 0 aromatic heterocycles. The summed E-state index contributed by atoms with van der Waals surface area (Å²) in [6.07, 6.45) is 0. The van der Waals surface area contributed by atoms with Crippen LogP contribution in [0.25, 0.3) is 0 Å².